The fourth-order valence-corrected chi connectivity index (χ4v) is 3.22. The van der Waals surface area contributed by atoms with Crippen LogP contribution in [0.1, 0.15) is 18.0 Å². The van der Waals surface area contributed by atoms with E-state index in [1.807, 2.05) is 30.3 Å². The second-order valence-electron chi connectivity index (χ2n) is 4.42. The number of hydrogen-bond acceptors (Lipinski definition) is 2. The van der Waals surface area contributed by atoms with Crippen LogP contribution in [0.15, 0.2) is 78.2 Å². The Bertz CT molecular complexity index is 651. The van der Waals surface area contributed by atoms with E-state index in [1.165, 1.54) is 0 Å². The van der Waals surface area contributed by atoms with Crippen molar-refractivity contribution in [2.24, 2.45) is 0 Å². The Kier molecular flexibility index (Phi) is 4.71. The molecule has 0 spiro atoms. The van der Waals surface area contributed by atoms with Gasteiger partial charge in [0.05, 0.1) is 10.9 Å². The third-order valence-electron chi connectivity index (χ3n) is 2.96. The van der Waals surface area contributed by atoms with Crippen LogP contribution in [0.4, 0.5) is 0 Å². The van der Waals surface area contributed by atoms with Crippen LogP contribution in [0.2, 0.25) is 0 Å². The van der Waals surface area contributed by atoms with E-state index in [1.54, 1.807) is 36.4 Å². The molecule has 1 atom stereocenters. The molecule has 20 heavy (non-hydrogen) atoms. The summed E-state index contributed by atoms with van der Waals surface area (Å²) in [5.74, 6) is 0. The monoisotopic (exact) mass is 287 g/mol. The van der Waals surface area contributed by atoms with Gasteiger partial charge in [-0.1, -0.05) is 54.6 Å². The van der Waals surface area contributed by atoms with Crippen LogP contribution in [0.5, 0.6) is 0 Å². The SMILES string of the molecule is C=CCC(NS(=O)(=O)c1ccccc1)c1ccccc1. The lowest BCUT2D eigenvalue weighted by Gasteiger charge is -2.17. The van der Waals surface area contributed by atoms with Crippen molar-refractivity contribution in [3.63, 3.8) is 0 Å². The molecule has 0 amide bonds. The van der Waals surface area contributed by atoms with E-state index in [9.17, 15) is 8.42 Å². The zero-order valence-corrected chi connectivity index (χ0v) is 11.9. The molecule has 0 aliphatic rings. The third-order valence-corrected chi connectivity index (χ3v) is 4.44. The molecule has 0 aliphatic heterocycles. The quantitative estimate of drug-likeness (QED) is 0.829. The van der Waals surface area contributed by atoms with Gasteiger partial charge in [0.15, 0.2) is 0 Å². The molecule has 0 fully saturated rings. The molecule has 0 aliphatic carbocycles. The first-order valence-electron chi connectivity index (χ1n) is 6.37. The standard InChI is InChI=1S/C16H17NO2S/c1-2-9-16(14-10-5-3-6-11-14)17-20(18,19)15-12-7-4-8-13-15/h2-8,10-13,16-17H,1,9H2. The van der Waals surface area contributed by atoms with Gasteiger partial charge in [-0.15, -0.1) is 6.58 Å². The van der Waals surface area contributed by atoms with Crippen LogP contribution in [-0.2, 0) is 10.0 Å². The molecule has 4 heteroatoms. The zero-order chi connectivity index (χ0) is 14.4. The molecule has 1 N–H and O–H groups in total. The molecule has 1 unspecified atom stereocenters. The van der Waals surface area contributed by atoms with E-state index in [2.05, 4.69) is 11.3 Å². The van der Waals surface area contributed by atoms with Crippen LogP contribution in [0.3, 0.4) is 0 Å². The summed E-state index contributed by atoms with van der Waals surface area (Å²) in [6.07, 6.45) is 2.25. The first-order chi connectivity index (χ1) is 9.63. The predicted octanol–water partition coefficient (Wildman–Crippen LogP) is 3.28. The molecule has 0 heterocycles. The van der Waals surface area contributed by atoms with Gasteiger partial charge in [0.2, 0.25) is 10.0 Å². The largest absolute Gasteiger partial charge is 0.241 e. The molecule has 0 bridgehead atoms. The maximum atomic E-state index is 12.3. The lowest BCUT2D eigenvalue weighted by Crippen LogP contribution is -2.28. The Morgan fingerprint density at radius 2 is 1.55 bits per heavy atom. The summed E-state index contributed by atoms with van der Waals surface area (Å²) < 4.78 is 27.4. The summed E-state index contributed by atoms with van der Waals surface area (Å²) in [7, 11) is -3.53. The molecular weight excluding hydrogens is 270 g/mol. The van der Waals surface area contributed by atoms with Gasteiger partial charge in [-0.25, -0.2) is 13.1 Å². The Hall–Kier alpha value is -1.91. The third kappa shape index (κ3) is 3.56. The topological polar surface area (TPSA) is 46.2 Å². The zero-order valence-electron chi connectivity index (χ0n) is 11.1. The number of nitrogens with one attached hydrogen (secondary N) is 1. The average molecular weight is 287 g/mol. The first-order valence-corrected chi connectivity index (χ1v) is 7.85. The fourth-order valence-electron chi connectivity index (χ4n) is 1.96. The maximum Gasteiger partial charge on any atom is 0.241 e. The van der Waals surface area contributed by atoms with Crippen molar-refractivity contribution in [2.45, 2.75) is 17.4 Å². The highest BCUT2D eigenvalue weighted by Crippen LogP contribution is 2.20. The minimum atomic E-state index is -3.53. The average Bonchev–Trinajstić information content (AvgIpc) is 2.48. The van der Waals surface area contributed by atoms with Crippen LogP contribution < -0.4 is 4.72 Å². The highest BCUT2D eigenvalue weighted by atomic mass is 32.2. The Labute approximate surface area is 120 Å². The summed E-state index contributed by atoms with van der Waals surface area (Å²) in [6.45, 7) is 3.69. The first kappa shape index (κ1) is 14.5. The Morgan fingerprint density at radius 1 is 1.00 bits per heavy atom. The van der Waals surface area contributed by atoms with Gasteiger partial charge < -0.3 is 0 Å². The van der Waals surface area contributed by atoms with Crippen molar-refractivity contribution in [1.29, 1.82) is 0 Å². The number of benzene rings is 2. The Balaban J connectivity index is 2.27. The van der Waals surface area contributed by atoms with E-state index < -0.39 is 10.0 Å². The molecule has 0 saturated carbocycles. The van der Waals surface area contributed by atoms with Crippen LogP contribution in [0.25, 0.3) is 0 Å². The molecule has 2 rings (SSSR count). The van der Waals surface area contributed by atoms with Crippen molar-refractivity contribution in [1.82, 2.24) is 4.72 Å². The van der Waals surface area contributed by atoms with Gasteiger partial charge in [-0.2, -0.15) is 0 Å². The second kappa shape index (κ2) is 6.50. The summed E-state index contributed by atoms with van der Waals surface area (Å²) in [6, 6.07) is 17.6. The van der Waals surface area contributed by atoms with E-state index in [0.29, 0.717) is 6.42 Å². The van der Waals surface area contributed by atoms with Gasteiger partial charge in [0.1, 0.15) is 0 Å². The van der Waals surface area contributed by atoms with Crippen molar-refractivity contribution >= 4 is 10.0 Å². The lowest BCUT2D eigenvalue weighted by molar-refractivity contribution is 0.557. The smallest absolute Gasteiger partial charge is 0.207 e. The summed E-state index contributed by atoms with van der Waals surface area (Å²) in [5.41, 5.74) is 0.923. The van der Waals surface area contributed by atoms with Gasteiger partial charge in [-0.05, 0) is 24.1 Å². The molecule has 0 saturated heterocycles. The molecule has 0 aromatic heterocycles. The number of sulfonamides is 1. The van der Waals surface area contributed by atoms with Crippen molar-refractivity contribution in [3.8, 4) is 0 Å². The molecular formula is C16H17NO2S. The minimum absolute atomic E-state index is 0.269. The van der Waals surface area contributed by atoms with Gasteiger partial charge in [0.25, 0.3) is 0 Å². The highest BCUT2D eigenvalue weighted by Gasteiger charge is 2.20. The van der Waals surface area contributed by atoms with Crippen LogP contribution >= 0.6 is 0 Å². The van der Waals surface area contributed by atoms with Crippen molar-refractivity contribution in [2.75, 3.05) is 0 Å². The maximum absolute atomic E-state index is 12.3. The number of rotatable bonds is 6. The van der Waals surface area contributed by atoms with Gasteiger partial charge in [0, 0.05) is 0 Å². The number of hydrogen-bond donors (Lipinski definition) is 1. The van der Waals surface area contributed by atoms with E-state index in [4.69, 9.17) is 0 Å². The molecule has 104 valence electrons. The predicted molar refractivity (Wildman–Crippen MR) is 80.8 cm³/mol. The van der Waals surface area contributed by atoms with E-state index >= 15 is 0 Å². The fraction of sp³-hybridized carbons (Fsp3) is 0.125. The van der Waals surface area contributed by atoms with Crippen LogP contribution in [-0.4, -0.2) is 8.42 Å². The Morgan fingerprint density at radius 3 is 2.10 bits per heavy atom. The summed E-state index contributed by atoms with van der Waals surface area (Å²) in [4.78, 5) is 0.269. The molecule has 0 radical (unpaired) electrons. The van der Waals surface area contributed by atoms with Crippen molar-refractivity contribution < 1.29 is 8.42 Å². The molecule has 2 aromatic rings. The minimum Gasteiger partial charge on any atom is -0.207 e. The van der Waals surface area contributed by atoms with Crippen LogP contribution in [0, 0.1) is 0 Å². The van der Waals surface area contributed by atoms with Gasteiger partial charge in [-0.3, -0.25) is 0 Å². The van der Waals surface area contributed by atoms with Gasteiger partial charge >= 0.3 is 0 Å². The molecule has 3 nitrogen and oxygen atoms in total. The molecule has 2 aromatic carbocycles. The lowest BCUT2D eigenvalue weighted by atomic mass is 10.1. The summed E-state index contributed by atoms with van der Waals surface area (Å²) in [5, 5.41) is 0. The van der Waals surface area contributed by atoms with E-state index in [0.717, 1.165) is 5.56 Å². The van der Waals surface area contributed by atoms with Crippen molar-refractivity contribution in [3.05, 3.63) is 78.9 Å². The van der Waals surface area contributed by atoms with E-state index in [-0.39, 0.29) is 10.9 Å². The second-order valence-corrected chi connectivity index (χ2v) is 6.14. The normalized spacial score (nSPS) is 12.8. The summed E-state index contributed by atoms with van der Waals surface area (Å²) >= 11 is 0. The highest BCUT2D eigenvalue weighted by molar-refractivity contribution is 7.89.